The third kappa shape index (κ3) is 3.30. The predicted molar refractivity (Wildman–Crippen MR) is 91.0 cm³/mol. The van der Waals surface area contributed by atoms with E-state index in [4.69, 9.17) is 4.74 Å². The van der Waals surface area contributed by atoms with E-state index in [2.05, 4.69) is 4.98 Å². The molecule has 1 aliphatic rings. The molecule has 0 bridgehead atoms. The standard InChI is InChI=1S/C19H19FN2O2/c1-2-14(12-20)13-24-16-6-7-17-15(11-16)8-10-22(19(17)23)18-5-3-4-9-21-18/h3-7,9,11-12H,2,8,10,13H2,1H3/b14-12-. The number of ether oxygens (including phenoxy) is 1. The summed E-state index contributed by atoms with van der Waals surface area (Å²) in [7, 11) is 0. The first-order valence-electron chi connectivity index (χ1n) is 7.99. The van der Waals surface area contributed by atoms with Gasteiger partial charge >= 0.3 is 0 Å². The Labute approximate surface area is 140 Å². The molecule has 2 heterocycles. The molecule has 0 radical (unpaired) electrons. The molecule has 4 nitrogen and oxygen atoms in total. The van der Waals surface area contributed by atoms with Crippen LogP contribution in [-0.2, 0) is 6.42 Å². The van der Waals surface area contributed by atoms with Crippen LogP contribution in [0.4, 0.5) is 10.2 Å². The Bertz CT molecular complexity index is 759. The van der Waals surface area contributed by atoms with Crippen LogP contribution < -0.4 is 9.64 Å². The summed E-state index contributed by atoms with van der Waals surface area (Å²) in [5.74, 6) is 1.26. The van der Waals surface area contributed by atoms with E-state index in [9.17, 15) is 9.18 Å². The summed E-state index contributed by atoms with van der Waals surface area (Å²) >= 11 is 0. The van der Waals surface area contributed by atoms with Gasteiger partial charge in [0, 0.05) is 18.3 Å². The minimum Gasteiger partial charge on any atom is -0.489 e. The second kappa shape index (κ2) is 7.25. The van der Waals surface area contributed by atoms with Crippen molar-refractivity contribution >= 4 is 11.7 Å². The maximum absolute atomic E-state index is 12.7. The molecule has 0 atom stereocenters. The second-order valence-corrected chi connectivity index (χ2v) is 5.62. The Kier molecular flexibility index (Phi) is 4.89. The van der Waals surface area contributed by atoms with Gasteiger partial charge in [-0.05, 0) is 54.3 Å². The van der Waals surface area contributed by atoms with Crippen molar-refractivity contribution in [3.63, 3.8) is 0 Å². The number of nitrogens with zero attached hydrogens (tertiary/aromatic N) is 2. The summed E-state index contributed by atoms with van der Waals surface area (Å²) < 4.78 is 18.2. The van der Waals surface area contributed by atoms with E-state index in [1.165, 1.54) is 0 Å². The van der Waals surface area contributed by atoms with E-state index in [0.717, 1.165) is 12.0 Å². The minimum absolute atomic E-state index is 0.0561. The van der Waals surface area contributed by atoms with Gasteiger partial charge in [0.2, 0.25) is 0 Å². The Morgan fingerprint density at radius 1 is 1.38 bits per heavy atom. The van der Waals surface area contributed by atoms with Crippen molar-refractivity contribution < 1.29 is 13.9 Å². The normalized spacial score (nSPS) is 14.5. The number of carbonyl (C=O) groups excluding carboxylic acids is 1. The number of benzene rings is 1. The fourth-order valence-electron chi connectivity index (χ4n) is 2.67. The largest absolute Gasteiger partial charge is 0.489 e. The zero-order chi connectivity index (χ0) is 16.9. The van der Waals surface area contributed by atoms with Gasteiger partial charge in [0.25, 0.3) is 5.91 Å². The number of carbonyl (C=O) groups is 1. The van der Waals surface area contributed by atoms with Gasteiger partial charge in [0.05, 0.1) is 6.33 Å². The smallest absolute Gasteiger partial charge is 0.259 e. The topological polar surface area (TPSA) is 42.4 Å². The van der Waals surface area contributed by atoms with Crippen LogP contribution in [0.15, 0.2) is 54.5 Å². The van der Waals surface area contributed by atoms with Crippen molar-refractivity contribution in [2.75, 3.05) is 18.1 Å². The molecular weight excluding hydrogens is 307 g/mol. The van der Waals surface area contributed by atoms with Gasteiger partial charge in [0.1, 0.15) is 18.2 Å². The number of rotatable bonds is 5. The summed E-state index contributed by atoms with van der Waals surface area (Å²) in [5.41, 5.74) is 2.22. The molecule has 124 valence electrons. The molecule has 1 amide bonds. The van der Waals surface area contributed by atoms with Gasteiger partial charge in [-0.15, -0.1) is 0 Å². The lowest BCUT2D eigenvalue weighted by molar-refractivity contribution is 0.0980. The van der Waals surface area contributed by atoms with Crippen LogP contribution in [0.3, 0.4) is 0 Å². The van der Waals surface area contributed by atoms with Crippen LogP contribution in [0, 0.1) is 0 Å². The summed E-state index contributed by atoms with van der Waals surface area (Å²) in [6, 6.07) is 10.9. The molecule has 0 N–H and O–H groups in total. The van der Waals surface area contributed by atoms with Gasteiger partial charge in [-0.3, -0.25) is 9.69 Å². The third-order valence-corrected chi connectivity index (χ3v) is 4.12. The Morgan fingerprint density at radius 3 is 2.96 bits per heavy atom. The van der Waals surface area contributed by atoms with Gasteiger partial charge in [-0.2, -0.15) is 0 Å². The molecule has 1 aromatic heterocycles. The number of halogens is 1. The number of anilines is 1. The molecule has 3 rings (SSSR count). The lowest BCUT2D eigenvalue weighted by atomic mass is 9.98. The highest BCUT2D eigenvalue weighted by Crippen LogP contribution is 2.26. The first-order valence-corrected chi connectivity index (χ1v) is 7.99. The first-order chi connectivity index (χ1) is 11.7. The minimum atomic E-state index is -0.0561. The first kappa shape index (κ1) is 16.2. The average Bonchev–Trinajstić information content (AvgIpc) is 2.63. The molecular formula is C19H19FN2O2. The molecule has 5 heteroatoms. The quantitative estimate of drug-likeness (QED) is 0.836. The lowest BCUT2D eigenvalue weighted by Gasteiger charge is -2.28. The number of pyridine rings is 1. The van der Waals surface area contributed by atoms with E-state index >= 15 is 0 Å². The van der Waals surface area contributed by atoms with Gasteiger partial charge in [-0.25, -0.2) is 9.37 Å². The zero-order valence-corrected chi connectivity index (χ0v) is 13.5. The van der Waals surface area contributed by atoms with Gasteiger partial charge in [0.15, 0.2) is 0 Å². The van der Waals surface area contributed by atoms with E-state index < -0.39 is 0 Å². The Hall–Kier alpha value is -2.69. The highest BCUT2D eigenvalue weighted by Gasteiger charge is 2.26. The summed E-state index contributed by atoms with van der Waals surface area (Å²) in [4.78, 5) is 18.6. The number of aromatic nitrogens is 1. The highest BCUT2D eigenvalue weighted by atomic mass is 19.1. The van der Waals surface area contributed by atoms with Crippen LogP contribution in [0.2, 0.25) is 0 Å². The molecule has 2 aromatic rings. The maximum atomic E-state index is 12.7. The van der Waals surface area contributed by atoms with E-state index in [1.807, 2.05) is 31.2 Å². The van der Waals surface area contributed by atoms with Crippen LogP contribution in [0.25, 0.3) is 0 Å². The second-order valence-electron chi connectivity index (χ2n) is 5.62. The number of amides is 1. The molecule has 24 heavy (non-hydrogen) atoms. The van der Waals surface area contributed by atoms with E-state index in [0.29, 0.717) is 42.0 Å². The predicted octanol–water partition coefficient (Wildman–Crippen LogP) is 3.93. The fraction of sp³-hybridized carbons (Fsp3) is 0.263. The monoisotopic (exact) mass is 326 g/mol. The van der Waals surface area contributed by atoms with Crippen molar-refractivity contribution in [1.82, 2.24) is 4.98 Å². The molecule has 0 spiro atoms. The van der Waals surface area contributed by atoms with Gasteiger partial charge < -0.3 is 4.74 Å². The van der Waals surface area contributed by atoms with Crippen molar-refractivity contribution in [2.24, 2.45) is 0 Å². The summed E-state index contributed by atoms with van der Waals surface area (Å²) in [6.07, 6.45) is 3.61. The fourth-order valence-corrected chi connectivity index (χ4v) is 2.67. The van der Waals surface area contributed by atoms with Crippen molar-refractivity contribution in [3.8, 4) is 5.75 Å². The van der Waals surface area contributed by atoms with Crippen molar-refractivity contribution in [1.29, 1.82) is 0 Å². The van der Waals surface area contributed by atoms with Crippen molar-refractivity contribution in [3.05, 3.63) is 65.6 Å². The lowest BCUT2D eigenvalue weighted by Crippen LogP contribution is -2.38. The van der Waals surface area contributed by atoms with Crippen LogP contribution in [-0.4, -0.2) is 24.0 Å². The molecule has 0 saturated carbocycles. The third-order valence-electron chi connectivity index (χ3n) is 4.12. The molecule has 1 aromatic carbocycles. The SMILES string of the molecule is CC/C(=C/F)COc1ccc2c(c1)CCN(c1ccccn1)C2=O. The molecule has 0 aliphatic carbocycles. The van der Waals surface area contributed by atoms with Crippen LogP contribution >= 0.6 is 0 Å². The molecule has 0 saturated heterocycles. The van der Waals surface area contributed by atoms with Crippen LogP contribution in [0.1, 0.15) is 29.3 Å². The number of hydrogen-bond acceptors (Lipinski definition) is 3. The van der Waals surface area contributed by atoms with E-state index in [1.54, 1.807) is 23.2 Å². The van der Waals surface area contributed by atoms with E-state index in [-0.39, 0.29) is 12.5 Å². The molecule has 0 fully saturated rings. The Morgan fingerprint density at radius 2 is 2.25 bits per heavy atom. The van der Waals surface area contributed by atoms with Gasteiger partial charge in [-0.1, -0.05) is 13.0 Å². The average molecular weight is 326 g/mol. The Balaban J connectivity index is 1.77. The summed E-state index contributed by atoms with van der Waals surface area (Å²) in [5, 5.41) is 0. The van der Waals surface area contributed by atoms with Crippen LogP contribution in [0.5, 0.6) is 5.75 Å². The number of fused-ring (bicyclic) bond motifs is 1. The summed E-state index contributed by atoms with van der Waals surface area (Å²) in [6.45, 7) is 2.68. The maximum Gasteiger partial charge on any atom is 0.259 e. The molecule has 1 aliphatic heterocycles. The zero-order valence-electron chi connectivity index (χ0n) is 13.5. The number of hydrogen-bond donors (Lipinski definition) is 0. The highest BCUT2D eigenvalue weighted by molar-refractivity contribution is 6.07. The van der Waals surface area contributed by atoms with Crippen molar-refractivity contribution in [2.45, 2.75) is 19.8 Å². The molecule has 0 unspecified atom stereocenters.